The molecule has 0 saturated carbocycles. The van der Waals surface area contributed by atoms with Gasteiger partial charge in [0.2, 0.25) is 0 Å². The zero-order valence-corrected chi connectivity index (χ0v) is 33.9. The van der Waals surface area contributed by atoms with Crippen LogP contribution in [0.15, 0.2) is 121 Å². The van der Waals surface area contributed by atoms with Crippen molar-refractivity contribution < 1.29 is 71.3 Å². The quantitative estimate of drug-likeness (QED) is 0.126. The van der Waals surface area contributed by atoms with Gasteiger partial charge in [0, 0.05) is 0 Å². The van der Waals surface area contributed by atoms with E-state index in [1.54, 1.807) is 125 Å². The molecule has 4 aliphatic rings. The van der Waals surface area contributed by atoms with Crippen LogP contribution in [0.1, 0.15) is 69.1 Å². The normalized spacial score (nSPS) is 29.8. The monoisotopic (exact) mass is 838 g/mol. The number of carbonyl (C=O) groups is 4. The highest BCUT2D eigenvalue weighted by Gasteiger charge is 2.62. The largest absolute Gasteiger partial charge is 0.459 e. The maximum atomic E-state index is 14.1. The third-order valence-corrected chi connectivity index (χ3v) is 10.5. The van der Waals surface area contributed by atoms with Gasteiger partial charge in [0.05, 0.1) is 28.9 Å². The lowest BCUT2D eigenvalue weighted by molar-refractivity contribution is -0.322. The minimum absolute atomic E-state index is 0.130. The van der Waals surface area contributed by atoms with Gasteiger partial charge in [0.1, 0.15) is 37.1 Å². The van der Waals surface area contributed by atoms with Crippen molar-refractivity contribution in [3.05, 3.63) is 144 Å². The van der Waals surface area contributed by atoms with Gasteiger partial charge in [-0.1, -0.05) is 72.8 Å². The van der Waals surface area contributed by atoms with E-state index in [2.05, 4.69) is 0 Å². The maximum absolute atomic E-state index is 14.1. The summed E-state index contributed by atoms with van der Waals surface area (Å²) in [6.07, 6.45) is -12.2. The van der Waals surface area contributed by atoms with Crippen LogP contribution in [0.25, 0.3) is 0 Å². The van der Waals surface area contributed by atoms with Gasteiger partial charge in [-0.3, -0.25) is 0 Å². The standard InChI is InChI=1S/C46H46O15/c1-45(2)52-26-32(59-45)34-36(38-44(57-34)61-46(3,4)60-38)58-43-37(56-42(50)30-23-15-8-16-24-30)35(55-41(49)29-21-13-7-14-22-29)33(54-40(48)28-19-11-6-12-20-28)31(53-43)25-51-39(47)27-17-9-5-10-18-27/h5-24,31-38,43-44H,25-26H2,1-4H3/t31-,32-,33-,34-,35+,36+,37+,38-,43-,44-/m1/s1. The zero-order valence-electron chi connectivity index (χ0n) is 33.9. The first-order valence-electron chi connectivity index (χ1n) is 20.0. The van der Waals surface area contributed by atoms with Crippen LogP contribution in [0.2, 0.25) is 0 Å². The van der Waals surface area contributed by atoms with Crippen LogP contribution in [-0.4, -0.2) is 110 Å². The van der Waals surface area contributed by atoms with Crippen molar-refractivity contribution in [1.82, 2.24) is 0 Å². The molecule has 4 saturated heterocycles. The predicted octanol–water partition coefficient (Wildman–Crippen LogP) is 5.66. The summed E-state index contributed by atoms with van der Waals surface area (Å²) in [5.41, 5.74) is 0.699. The SMILES string of the molecule is CC1(C)O[C@H]2O[C@H]([C@H]3COC(C)(C)O3)[C@H](O[C@H]3O[C@H](COC(=O)c4ccccc4)[C@@H](OC(=O)c4ccccc4)[C@H](OC(=O)c4ccccc4)[C@@H]3OC(=O)c3ccccc3)[C@H]2O1. The smallest absolute Gasteiger partial charge is 0.338 e. The molecule has 4 heterocycles. The van der Waals surface area contributed by atoms with Crippen molar-refractivity contribution in [3.8, 4) is 0 Å². The summed E-state index contributed by atoms with van der Waals surface area (Å²) < 4.78 is 68.8. The Hall–Kier alpha value is -5.52. The second kappa shape index (κ2) is 17.8. The molecule has 0 aliphatic carbocycles. The summed E-state index contributed by atoms with van der Waals surface area (Å²) >= 11 is 0. The van der Waals surface area contributed by atoms with Gasteiger partial charge in [-0.15, -0.1) is 0 Å². The van der Waals surface area contributed by atoms with Crippen LogP contribution in [0.3, 0.4) is 0 Å². The Labute approximate surface area is 352 Å². The van der Waals surface area contributed by atoms with Gasteiger partial charge < -0.3 is 52.1 Å². The predicted molar refractivity (Wildman–Crippen MR) is 211 cm³/mol. The lowest BCUT2D eigenvalue weighted by Crippen LogP contribution is -2.64. The molecule has 4 aromatic rings. The Morgan fingerprint density at radius 1 is 0.525 bits per heavy atom. The Kier molecular flexibility index (Phi) is 12.3. The second-order valence-electron chi connectivity index (χ2n) is 15.8. The molecule has 320 valence electrons. The zero-order chi connectivity index (χ0) is 42.7. The Morgan fingerprint density at radius 2 is 1.00 bits per heavy atom. The molecule has 0 spiro atoms. The highest BCUT2D eigenvalue weighted by Crippen LogP contribution is 2.44. The molecule has 4 aromatic carbocycles. The van der Waals surface area contributed by atoms with E-state index in [1.165, 1.54) is 24.3 Å². The summed E-state index contributed by atoms with van der Waals surface area (Å²) in [4.78, 5) is 55.4. The van der Waals surface area contributed by atoms with E-state index >= 15 is 0 Å². The molecule has 0 unspecified atom stereocenters. The highest BCUT2D eigenvalue weighted by atomic mass is 16.9. The molecule has 61 heavy (non-hydrogen) atoms. The number of benzene rings is 4. The molecular formula is C46H46O15. The van der Waals surface area contributed by atoms with E-state index in [0.717, 1.165) is 0 Å². The lowest BCUT2D eigenvalue weighted by Gasteiger charge is -2.45. The first kappa shape index (κ1) is 42.2. The molecule has 8 rings (SSSR count). The van der Waals surface area contributed by atoms with Crippen molar-refractivity contribution >= 4 is 23.9 Å². The molecule has 0 bridgehead atoms. The number of ether oxygens (including phenoxy) is 11. The molecule has 4 aliphatic heterocycles. The first-order valence-corrected chi connectivity index (χ1v) is 20.0. The Balaban J connectivity index is 1.21. The van der Waals surface area contributed by atoms with Crippen LogP contribution in [0.4, 0.5) is 0 Å². The van der Waals surface area contributed by atoms with Crippen molar-refractivity contribution in [2.75, 3.05) is 13.2 Å². The number of rotatable bonds is 12. The topological polar surface area (TPSA) is 170 Å². The van der Waals surface area contributed by atoms with E-state index in [1.807, 2.05) is 0 Å². The van der Waals surface area contributed by atoms with Crippen molar-refractivity contribution in [1.29, 1.82) is 0 Å². The van der Waals surface area contributed by atoms with Gasteiger partial charge in [-0.05, 0) is 76.2 Å². The number of hydrogen-bond acceptors (Lipinski definition) is 15. The van der Waals surface area contributed by atoms with E-state index < -0.39 is 103 Å². The van der Waals surface area contributed by atoms with Crippen molar-refractivity contribution in [2.45, 2.75) is 101 Å². The molecule has 0 amide bonds. The highest BCUT2D eigenvalue weighted by molar-refractivity contribution is 5.91. The summed E-state index contributed by atoms with van der Waals surface area (Å²) in [5.74, 6) is -5.25. The number of carbonyl (C=O) groups excluding carboxylic acids is 4. The van der Waals surface area contributed by atoms with Crippen LogP contribution >= 0.6 is 0 Å². The van der Waals surface area contributed by atoms with Crippen molar-refractivity contribution in [2.24, 2.45) is 0 Å². The lowest BCUT2D eigenvalue weighted by atomic mass is 9.97. The fraction of sp³-hybridized carbons (Fsp3) is 0.391. The number of fused-ring (bicyclic) bond motifs is 1. The molecule has 10 atom stereocenters. The average molecular weight is 839 g/mol. The molecule has 15 heteroatoms. The molecule has 15 nitrogen and oxygen atoms in total. The average Bonchev–Trinajstić information content (AvgIpc) is 3.90. The Morgan fingerprint density at radius 3 is 1.49 bits per heavy atom. The van der Waals surface area contributed by atoms with Gasteiger partial charge in [-0.2, -0.15) is 0 Å². The van der Waals surface area contributed by atoms with E-state index in [-0.39, 0.29) is 28.9 Å². The molecule has 0 aromatic heterocycles. The second-order valence-corrected chi connectivity index (χ2v) is 15.8. The van der Waals surface area contributed by atoms with Crippen molar-refractivity contribution in [3.63, 3.8) is 0 Å². The van der Waals surface area contributed by atoms with E-state index in [4.69, 9.17) is 52.1 Å². The molecule has 0 N–H and O–H groups in total. The number of esters is 4. The summed E-state index contributed by atoms with van der Waals surface area (Å²) in [6.45, 7) is 6.58. The van der Waals surface area contributed by atoms with Gasteiger partial charge in [0.15, 0.2) is 42.5 Å². The number of hydrogen-bond donors (Lipinski definition) is 0. The van der Waals surface area contributed by atoms with Gasteiger partial charge in [0.25, 0.3) is 0 Å². The van der Waals surface area contributed by atoms with Crippen LogP contribution in [0, 0.1) is 0 Å². The van der Waals surface area contributed by atoms with Crippen LogP contribution < -0.4 is 0 Å². The van der Waals surface area contributed by atoms with Crippen LogP contribution in [0.5, 0.6) is 0 Å². The van der Waals surface area contributed by atoms with Crippen LogP contribution in [-0.2, 0) is 52.1 Å². The van der Waals surface area contributed by atoms with E-state index in [0.29, 0.717) is 0 Å². The summed E-state index contributed by atoms with van der Waals surface area (Å²) in [5, 5.41) is 0. The minimum Gasteiger partial charge on any atom is -0.459 e. The first-order chi connectivity index (χ1) is 29.3. The fourth-order valence-electron chi connectivity index (χ4n) is 7.63. The summed E-state index contributed by atoms with van der Waals surface area (Å²) in [7, 11) is 0. The third-order valence-electron chi connectivity index (χ3n) is 10.5. The van der Waals surface area contributed by atoms with E-state index in [9.17, 15) is 19.2 Å². The molecular weight excluding hydrogens is 792 g/mol. The van der Waals surface area contributed by atoms with Gasteiger partial charge in [-0.25, -0.2) is 19.2 Å². The molecule has 4 fully saturated rings. The Bertz CT molecular complexity index is 2150. The molecule has 0 radical (unpaired) electrons. The maximum Gasteiger partial charge on any atom is 0.338 e. The fourth-order valence-corrected chi connectivity index (χ4v) is 7.63. The van der Waals surface area contributed by atoms with Gasteiger partial charge >= 0.3 is 23.9 Å². The summed E-state index contributed by atoms with van der Waals surface area (Å²) in [6, 6.07) is 32.6. The third kappa shape index (κ3) is 9.68. The minimum atomic E-state index is -1.64.